The molecule has 0 saturated heterocycles. The molecule has 0 radical (unpaired) electrons. The van der Waals surface area contributed by atoms with Crippen LogP contribution < -0.4 is 0 Å². The van der Waals surface area contributed by atoms with Gasteiger partial charge in [-0.1, -0.05) is 20.8 Å². The van der Waals surface area contributed by atoms with Gasteiger partial charge in [0, 0.05) is 5.41 Å². The number of hydrogen-bond donors (Lipinski definition) is 0. The second-order valence-corrected chi connectivity index (χ2v) is 12.0. The van der Waals surface area contributed by atoms with E-state index in [-0.39, 0.29) is 10.8 Å². The monoisotopic (exact) mass is 266 g/mol. The van der Waals surface area contributed by atoms with Crippen molar-refractivity contribution in [2.24, 2.45) is 5.41 Å². The van der Waals surface area contributed by atoms with E-state index in [2.05, 4.69) is 33.9 Å². The van der Waals surface area contributed by atoms with Crippen LogP contribution in [0.25, 0.3) is 0 Å². The lowest BCUT2D eigenvalue weighted by Gasteiger charge is -2.38. The summed E-state index contributed by atoms with van der Waals surface area (Å²) in [7, 11) is -1.83. The first-order valence-corrected chi connectivity index (χ1v) is 9.43. The highest BCUT2D eigenvalue weighted by Crippen LogP contribution is 2.40. The van der Waals surface area contributed by atoms with Gasteiger partial charge in [-0.2, -0.15) is 0 Å². The maximum Gasteiger partial charge on any atom is 0.250 e. The minimum atomic E-state index is -1.83. The second kappa shape index (κ2) is 4.37. The molecule has 1 rings (SSSR count). The summed E-state index contributed by atoms with van der Waals surface area (Å²) in [5, 5.41) is 0.168. The van der Waals surface area contributed by atoms with E-state index in [4.69, 9.17) is 4.43 Å². The van der Waals surface area contributed by atoms with Crippen LogP contribution in [0.1, 0.15) is 41.5 Å². The Kier molecular flexibility index (Phi) is 3.70. The molecule has 0 unspecified atom stereocenters. The van der Waals surface area contributed by atoms with Crippen molar-refractivity contribution in [1.29, 1.82) is 0 Å². The van der Waals surface area contributed by atoms with Gasteiger partial charge in [-0.05, 0) is 56.6 Å². The van der Waals surface area contributed by atoms with Gasteiger partial charge in [-0.15, -0.1) is 0 Å². The normalized spacial score (nSPS) is 20.3. The van der Waals surface area contributed by atoms with Crippen LogP contribution in [0.3, 0.4) is 0 Å². The van der Waals surface area contributed by atoms with Gasteiger partial charge in [0.1, 0.15) is 5.76 Å². The topological polar surface area (TPSA) is 26.3 Å². The summed E-state index contributed by atoms with van der Waals surface area (Å²) in [6.45, 7) is 16.9. The first-order valence-electron chi connectivity index (χ1n) is 6.52. The van der Waals surface area contributed by atoms with Gasteiger partial charge in [0.05, 0.1) is 0 Å². The van der Waals surface area contributed by atoms with E-state index in [1.54, 1.807) is 0 Å². The molecule has 1 aliphatic rings. The Bertz CT molecular complexity index is 420. The zero-order valence-electron chi connectivity index (χ0n) is 13.0. The molecule has 0 aliphatic heterocycles. The molecule has 0 aromatic rings. The standard InChI is InChI=1S/C15H26O2Si/c1-11-9-12(10-15(5,6)13(11)16)17-18(7,8)14(2,3)4/h9-10H,1-8H3. The zero-order valence-corrected chi connectivity index (χ0v) is 14.0. The SMILES string of the molecule is CC1=CC(O[Si](C)(C)C(C)(C)C)=CC(C)(C)C1=O. The van der Waals surface area contributed by atoms with Crippen molar-refractivity contribution < 1.29 is 9.22 Å². The molecule has 0 fully saturated rings. The third-order valence-corrected chi connectivity index (χ3v) is 8.34. The van der Waals surface area contributed by atoms with Crippen LogP contribution in [0.4, 0.5) is 0 Å². The first-order chi connectivity index (χ1) is 7.87. The number of carbonyl (C=O) groups is 1. The molecule has 1 aliphatic carbocycles. The van der Waals surface area contributed by atoms with Gasteiger partial charge < -0.3 is 4.43 Å². The minimum Gasteiger partial charge on any atom is -0.544 e. The predicted molar refractivity (Wildman–Crippen MR) is 78.9 cm³/mol. The summed E-state index contributed by atoms with van der Waals surface area (Å²) in [6.07, 6.45) is 3.84. The Morgan fingerprint density at radius 1 is 1.22 bits per heavy atom. The number of hydrogen-bond acceptors (Lipinski definition) is 2. The zero-order chi connectivity index (χ0) is 14.4. The van der Waals surface area contributed by atoms with E-state index in [0.29, 0.717) is 0 Å². The van der Waals surface area contributed by atoms with Crippen LogP contribution in [0.15, 0.2) is 23.5 Å². The van der Waals surface area contributed by atoms with E-state index in [1.807, 2.05) is 32.9 Å². The minimum absolute atomic E-state index is 0.168. The molecule has 0 bridgehead atoms. The van der Waals surface area contributed by atoms with Crippen molar-refractivity contribution >= 4 is 14.1 Å². The van der Waals surface area contributed by atoms with E-state index in [9.17, 15) is 4.79 Å². The first kappa shape index (κ1) is 15.2. The van der Waals surface area contributed by atoms with Crippen molar-refractivity contribution in [3.63, 3.8) is 0 Å². The molecule has 0 N–H and O–H groups in total. The van der Waals surface area contributed by atoms with Gasteiger partial charge in [0.25, 0.3) is 0 Å². The van der Waals surface area contributed by atoms with E-state index in [0.717, 1.165) is 11.3 Å². The van der Waals surface area contributed by atoms with Crippen molar-refractivity contribution in [1.82, 2.24) is 0 Å². The highest BCUT2D eigenvalue weighted by Gasteiger charge is 2.40. The van der Waals surface area contributed by atoms with Crippen molar-refractivity contribution in [3.8, 4) is 0 Å². The van der Waals surface area contributed by atoms with Crippen molar-refractivity contribution in [2.75, 3.05) is 0 Å². The molecule has 2 nitrogen and oxygen atoms in total. The molecular formula is C15H26O2Si. The Morgan fingerprint density at radius 2 is 1.72 bits per heavy atom. The van der Waals surface area contributed by atoms with Crippen molar-refractivity contribution in [2.45, 2.75) is 59.7 Å². The average Bonchev–Trinajstić information content (AvgIpc) is 2.10. The Balaban J connectivity index is 3.04. The van der Waals surface area contributed by atoms with Gasteiger partial charge in [-0.25, -0.2) is 0 Å². The van der Waals surface area contributed by atoms with Crippen LogP contribution >= 0.6 is 0 Å². The summed E-state index contributed by atoms with van der Waals surface area (Å²) in [4.78, 5) is 12.0. The fourth-order valence-corrected chi connectivity index (χ4v) is 2.77. The highest BCUT2D eigenvalue weighted by atomic mass is 28.4. The summed E-state index contributed by atoms with van der Waals surface area (Å²) >= 11 is 0. The van der Waals surface area contributed by atoms with Crippen LogP contribution in [0, 0.1) is 5.41 Å². The molecular weight excluding hydrogens is 240 g/mol. The molecule has 3 heteroatoms. The molecule has 0 amide bonds. The fourth-order valence-electron chi connectivity index (χ4n) is 1.76. The summed E-state index contributed by atoms with van der Waals surface area (Å²) in [6, 6.07) is 0. The lowest BCUT2D eigenvalue weighted by Crippen LogP contribution is -2.41. The molecule has 0 aromatic carbocycles. The van der Waals surface area contributed by atoms with Gasteiger partial charge in [0.15, 0.2) is 5.78 Å². The van der Waals surface area contributed by atoms with Crippen LogP contribution in [-0.4, -0.2) is 14.1 Å². The van der Waals surface area contributed by atoms with Gasteiger partial charge in [-0.3, -0.25) is 4.79 Å². The lowest BCUT2D eigenvalue weighted by molar-refractivity contribution is -0.121. The largest absolute Gasteiger partial charge is 0.544 e. The number of ketones is 1. The maximum absolute atomic E-state index is 12.0. The van der Waals surface area contributed by atoms with Crippen LogP contribution in [0.5, 0.6) is 0 Å². The molecule has 0 heterocycles. The fraction of sp³-hybridized carbons (Fsp3) is 0.667. The van der Waals surface area contributed by atoms with E-state index < -0.39 is 13.7 Å². The third-order valence-electron chi connectivity index (χ3n) is 3.98. The molecule has 0 atom stereocenters. The maximum atomic E-state index is 12.0. The van der Waals surface area contributed by atoms with Crippen molar-refractivity contribution in [3.05, 3.63) is 23.5 Å². The summed E-state index contributed by atoms with van der Waals surface area (Å²) in [5.41, 5.74) is 0.340. The third kappa shape index (κ3) is 2.94. The van der Waals surface area contributed by atoms with Gasteiger partial charge >= 0.3 is 0 Å². The van der Waals surface area contributed by atoms with Gasteiger partial charge in [0.2, 0.25) is 8.32 Å². The van der Waals surface area contributed by atoms with Crippen LogP contribution in [-0.2, 0) is 9.22 Å². The average molecular weight is 266 g/mol. The van der Waals surface area contributed by atoms with E-state index in [1.165, 1.54) is 0 Å². The summed E-state index contributed by atoms with van der Waals surface area (Å²) in [5.74, 6) is 1.05. The second-order valence-electron chi connectivity index (χ2n) is 7.29. The number of rotatable bonds is 2. The molecule has 102 valence electrons. The quantitative estimate of drug-likeness (QED) is 0.690. The molecule has 0 aromatic heterocycles. The smallest absolute Gasteiger partial charge is 0.250 e. The highest BCUT2D eigenvalue weighted by molar-refractivity contribution is 6.74. The summed E-state index contributed by atoms with van der Waals surface area (Å²) < 4.78 is 6.27. The predicted octanol–water partition coefficient (Wildman–Crippen LogP) is 4.45. The Morgan fingerprint density at radius 3 is 2.11 bits per heavy atom. The molecule has 0 spiro atoms. The Labute approximate surface area is 112 Å². The Hall–Kier alpha value is -0.833. The molecule has 18 heavy (non-hydrogen) atoms. The van der Waals surface area contributed by atoms with Crippen LogP contribution in [0.2, 0.25) is 18.1 Å². The molecule has 0 saturated carbocycles. The number of Topliss-reactive ketones (excluding diaryl/α,β-unsaturated/α-hetero) is 1. The number of allylic oxidation sites excluding steroid dienone is 3. The lowest BCUT2D eigenvalue weighted by atomic mass is 9.81. The van der Waals surface area contributed by atoms with E-state index >= 15 is 0 Å². The number of carbonyl (C=O) groups excluding carboxylic acids is 1.